The van der Waals surface area contributed by atoms with Gasteiger partial charge in [-0.1, -0.05) is 12.1 Å². The van der Waals surface area contributed by atoms with Crippen LogP contribution in [0.2, 0.25) is 0 Å². The molecule has 2 aromatic carbocycles. The Balaban J connectivity index is 2.16. The monoisotopic (exact) mass is 356 g/mol. The maximum Gasteiger partial charge on any atom is 0.251 e. The number of rotatable bonds is 8. The Bertz CT molecular complexity index is 744. The molecule has 5 heteroatoms. The van der Waals surface area contributed by atoms with Gasteiger partial charge in [-0.3, -0.25) is 4.79 Å². The van der Waals surface area contributed by atoms with Crippen LogP contribution < -0.4 is 19.7 Å². The van der Waals surface area contributed by atoms with Crippen LogP contribution in [0.15, 0.2) is 42.5 Å². The molecule has 0 radical (unpaired) electrons. The molecule has 0 saturated heterocycles. The largest absolute Gasteiger partial charge is 0.490 e. The van der Waals surface area contributed by atoms with E-state index in [0.717, 1.165) is 17.0 Å². The van der Waals surface area contributed by atoms with Gasteiger partial charge in [0, 0.05) is 25.3 Å². The fourth-order valence-corrected chi connectivity index (χ4v) is 2.63. The number of benzene rings is 2. The molecule has 0 saturated carbocycles. The standard InChI is InChI=1S/C21H28N2O3/c1-6-25-19-12-11-16(14-20(19)26-7-2)15(3)22-21(24)17-9-8-10-18(13-17)23(4)5/h8-15H,6-7H2,1-5H3,(H,22,24). The third-order valence-electron chi connectivity index (χ3n) is 4.04. The SMILES string of the molecule is CCOc1ccc(C(C)NC(=O)c2cccc(N(C)C)c2)cc1OCC. The van der Waals surface area contributed by atoms with E-state index in [0.29, 0.717) is 24.5 Å². The van der Waals surface area contributed by atoms with Crippen molar-refractivity contribution in [1.29, 1.82) is 0 Å². The summed E-state index contributed by atoms with van der Waals surface area (Å²) < 4.78 is 11.3. The molecule has 0 spiro atoms. The lowest BCUT2D eigenvalue weighted by atomic mass is 10.1. The Hall–Kier alpha value is -2.69. The zero-order chi connectivity index (χ0) is 19.1. The number of nitrogens with one attached hydrogen (secondary N) is 1. The van der Waals surface area contributed by atoms with Crippen molar-refractivity contribution in [2.24, 2.45) is 0 Å². The first kappa shape index (κ1) is 19.6. The average molecular weight is 356 g/mol. The summed E-state index contributed by atoms with van der Waals surface area (Å²) in [6, 6.07) is 13.2. The van der Waals surface area contributed by atoms with Crippen LogP contribution in [0.1, 0.15) is 42.7 Å². The molecule has 1 amide bonds. The summed E-state index contributed by atoms with van der Waals surface area (Å²) in [4.78, 5) is 14.6. The molecule has 0 aliphatic heterocycles. The maximum atomic E-state index is 12.6. The second kappa shape index (κ2) is 9.13. The molecule has 2 rings (SSSR count). The molecule has 0 aromatic heterocycles. The van der Waals surface area contributed by atoms with Crippen LogP contribution in [-0.4, -0.2) is 33.2 Å². The highest BCUT2D eigenvalue weighted by Gasteiger charge is 2.15. The van der Waals surface area contributed by atoms with Crippen LogP contribution in [0.3, 0.4) is 0 Å². The van der Waals surface area contributed by atoms with E-state index < -0.39 is 0 Å². The van der Waals surface area contributed by atoms with Crippen molar-refractivity contribution in [1.82, 2.24) is 5.32 Å². The molecular weight excluding hydrogens is 328 g/mol. The van der Waals surface area contributed by atoms with E-state index in [2.05, 4.69) is 5.32 Å². The smallest absolute Gasteiger partial charge is 0.251 e. The third-order valence-corrected chi connectivity index (χ3v) is 4.04. The molecule has 0 fully saturated rings. The van der Waals surface area contributed by atoms with E-state index in [-0.39, 0.29) is 11.9 Å². The van der Waals surface area contributed by atoms with E-state index in [1.54, 1.807) is 0 Å². The van der Waals surface area contributed by atoms with Crippen molar-refractivity contribution < 1.29 is 14.3 Å². The van der Waals surface area contributed by atoms with E-state index in [4.69, 9.17) is 9.47 Å². The molecule has 0 aliphatic carbocycles. The number of hydrogen-bond acceptors (Lipinski definition) is 4. The Kier molecular flexibility index (Phi) is 6.89. The highest BCUT2D eigenvalue weighted by molar-refractivity contribution is 5.95. The minimum absolute atomic E-state index is 0.104. The predicted molar refractivity (Wildman–Crippen MR) is 105 cm³/mol. The van der Waals surface area contributed by atoms with E-state index in [9.17, 15) is 4.79 Å². The number of nitrogens with zero attached hydrogens (tertiary/aromatic N) is 1. The van der Waals surface area contributed by atoms with Crippen LogP contribution in [0.4, 0.5) is 5.69 Å². The molecule has 5 nitrogen and oxygen atoms in total. The van der Waals surface area contributed by atoms with Gasteiger partial charge >= 0.3 is 0 Å². The molecule has 26 heavy (non-hydrogen) atoms. The van der Waals surface area contributed by atoms with Gasteiger partial charge < -0.3 is 19.7 Å². The van der Waals surface area contributed by atoms with E-state index in [1.807, 2.05) is 82.2 Å². The molecule has 1 unspecified atom stereocenters. The van der Waals surface area contributed by atoms with Crippen LogP contribution in [0.25, 0.3) is 0 Å². The third kappa shape index (κ3) is 4.91. The summed E-state index contributed by atoms with van der Waals surface area (Å²) in [5.74, 6) is 1.31. The lowest BCUT2D eigenvalue weighted by Gasteiger charge is -2.18. The number of amides is 1. The molecule has 1 atom stereocenters. The van der Waals surface area contributed by atoms with Gasteiger partial charge in [0.2, 0.25) is 0 Å². The molecule has 1 N–H and O–H groups in total. The Morgan fingerprint density at radius 1 is 1.04 bits per heavy atom. The van der Waals surface area contributed by atoms with Gasteiger partial charge in [-0.05, 0) is 56.7 Å². The lowest BCUT2D eigenvalue weighted by Crippen LogP contribution is -2.26. The van der Waals surface area contributed by atoms with Gasteiger partial charge in [0.25, 0.3) is 5.91 Å². The van der Waals surface area contributed by atoms with Crippen molar-refractivity contribution in [2.45, 2.75) is 26.8 Å². The fraction of sp³-hybridized carbons (Fsp3) is 0.381. The van der Waals surface area contributed by atoms with Crippen molar-refractivity contribution in [2.75, 3.05) is 32.2 Å². The molecule has 0 aliphatic rings. The fourth-order valence-electron chi connectivity index (χ4n) is 2.63. The van der Waals surface area contributed by atoms with Gasteiger partial charge in [0.05, 0.1) is 19.3 Å². The normalized spacial score (nSPS) is 11.6. The van der Waals surface area contributed by atoms with Crippen LogP contribution in [-0.2, 0) is 0 Å². The molecule has 0 bridgehead atoms. The second-order valence-corrected chi connectivity index (χ2v) is 6.21. The zero-order valence-corrected chi connectivity index (χ0v) is 16.2. The van der Waals surface area contributed by atoms with E-state index >= 15 is 0 Å². The second-order valence-electron chi connectivity index (χ2n) is 6.21. The van der Waals surface area contributed by atoms with Crippen molar-refractivity contribution in [3.05, 3.63) is 53.6 Å². The minimum Gasteiger partial charge on any atom is -0.490 e. The number of carbonyl (C=O) groups excluding carboxylic acids is 1. The number of anilines is 1. The summed E-state index contributed by atoms with van der Waals surface area (Å²) in [6.45, 7) is 6.97. The molecule has 0 heterocycles. The summed E-state index contributed by atoms with van der Waals surface area (Å²) in [7, 11) is 3.91. The first-order valence-electron chi connectivity index (χ1n) is 8.94. The first-order chi connectivity index (χ1) is 12.5. The summed E-state index contributed by atoms with van der Waals surface area (Å²) >= 11 is 0. The molecule has 2 aromatic rings. The Labute approximate surface area is 155 Å². The summed E-state index contributed by atoms with van der Waals surface area (Å²) in [5, 5.41) is 3.05. The van der Waals surface area contributed by atoms with Gasteiger partial charge in [0.15, 0.2) is 11.5 Å². The molecule has 140 valence electrons. The number of hydrogen-bond donors (Lipinski definition) is 1. The van der Waals surface area contributed by atoms with Crippen molar-refractivity contribution in [3.8, 4) is 11.5 Å². The van der Waals surface area contributed by atoms with Crippen molar-refractivity contribution >= 4 is 11.6 Å². The highest BCUT2D eigenvalue weighted by atomic mass is 16.5. The number of carbonyl (C=O) groups is 1. The Morgan fingerprint density at radius 3 is 2.38 bits per heavy atom. The van der Waals surface area contributed by atoms with Crippen LogP contribution >= 0.6 is 0 Å². The quantitative estimate of drug-likeness (QED) is 0.775. The van der Waals surface area contributed by atoms with Crippen LogP contribution in [0, 0.1) is 0 Å². The highest BCUT2D eigenvalue weighted by Crippen LogP contribution is 2.30. The van der Waals surface area contributed by atoms with Gasteiger partial charge in [-0.2, -0.15) is 0 Å². The zero-order valence-electron chi connectivity index (χ0n) is 16.2. The maximum absolute atomic E-state index is 12.6. The number of ether oxygens (including phenoxy) is 2. The van der Waals surface area contributed by atoms with Gasteiger partial charge in [-0.25, -0.2) is 0 Å². The van der Waals surface area contributed by atoms with Gasteiger partial charge in [0.1, 0.15) is 0 Å². The minimum atomic E-state index is -0.152. The molecular formula is C21H28N2O3. The Morgan fingerprint density at radius 2 is 1.73 bits per heavy atom. The lowest BCUT2D eigenvalue weighted by molar-refractivity contribution is 0.0940. The summed E-state index contributed by atoms with van der Waals surface area (Å²) in [5.41, 5.74) is 2.60. The summed E-state index contributed by atoms with van der Waals surface area (Å²) in [6.07, 6.45) is 0. The van der Waals surface area contributed by atoms with Crippen LogP contribution in [0.5, 0.6) is 11.5 Å². The van der Waals surface area contributed by atoms with E-state index in [1.165, 1.54) is 0 Å². The topological polar surface area (TPSA) is 50.8 Å². The average Bonchev–Trinajstić information content (AvgIpc) is 2.63. The predicted octanol–water partition coefficient (Wildman–Crippen LogP) is 4.04. The van der Waals surface area contributed by atoms with Crippen molar-refractivity contribution in [3.63, 3.8) is 0 Å². The van der Waals surface area contributed by atoms with Gasteiger partial charge in [-0.15, -0.1) is 0 Å². The first-order valence-corrected chi connectivity index (χ1v) is 8.94.